The molecule has 2 aromatic rings. The molecule has 0 atom stereocenters. The lowest BCUT2D eigenvalue weighted by Gasteiger charge is -2.32. The first-order valence-electron chi connectivity index (χ1n) is 10.1. The molecule has 0 bridgehead atoms. The summed E-state index contributed by atoms with van der Waals surface area (Å²) >= 11 is 0. The molecule has 1 saturated heterocycles. The second-order valence-electron chi connectivity index (χ2n) is 7.30. The monoisotopic (exact) mass is 409 g/mol. The number of benzene rings is 2. The van der Waals surface area contributed by atoms with Crippen molar-refractivity contribution in [2.75, 3.05) is 26.7 Å². The normalized spacial score (nSPS) is 14.1. The van der Waals surface area contributed by atoms with Crippen LogP contribution in [0.2, 0.25) is 0 Å². The molecular weight excluding hydrogens is 382 g/mol. The van der Waals surface area contributed by atoms with Crippen molar-refractivity contribution in [3.8, 4) is 5.75 Å². The number of amides is 3. The summed E-state index contributed by atoms with van der Waals surface area (Å²) in [5, 5.41) is 5.72. The fourth-order valence-electron chi connectivity index (χ4n) is 3.44. The molecule has 1 aliphatic rings. The molecule has 7 nitrogen and oxygen atoms in total. The summed E-state index contributed by atoms with van der Waals surface area (Å²) in [6.07, 6.45) is 1.72. The first-order chi connectivity index (χ1) is 14.5. The zero-order chi connectivity index (χ0) is 21.3. The Hall–Kier alpha value is -3.35. The maximum absolute atomic E-state index is 12.4. The van der Waals surface area contributed by atoms with Crippen LogP contribution in [0.15, 0.2) is 54.6 Å². The number of rotatable bonds is 7. The van der Waals surface area contributed by atoms with Gasteiger partial charge in [0.15, 0.2) is 0 Å². The second-order valence-corrected chi connectivity index (χ2v) is 7.30. The quantitative estimate of drug-likeness (QED) is 0.730. The van der Waals surface area contributed by atoms with Gasteiger partial charge in [0.1, 0.15) is 5.75 Å². The second kappa shape index (κ2) is 10.4. The molecule has 3 rings (SSSR count). The van der Waals surface area contributed by atoms with Gasteiger partial charge in [-0.05, 0) is 42.7 Å². The number of carbonyl (C=O) groups excluding carboxylic acids is 3. The Bertz CT molecular complexity index is 860. The van der Waals surface area contributed by atoms with E-state index in [9.17, 15) is 14.4 Å². The highest BCUT2D eigenvalue weighted by molar-refractivity contribution is 5.96. The predicted octanol–water partition coefficient (Wildman–Crippen LogP) is 1.77. The number of piperidine rings is 1. The van der Waals surface area contributed by atoms with E-state index in [1.54, 1.807) is 36.3 Å². The van der Waals surface area contributed by atoms with Crippen molar-refractivity contribution in [2.24, 2.45) is 0 Å². The Labute approximate surface area is 176 Å². The Kier molecular flexibility index (Phi) is 7.43. The Balaban J connectivity index is 1.38. The van der Waals surface area contributed by atoms with Gasteiger partial charge < -0.3 is 20.3 Å². The van der Waals surface area contributed by atoms with Crippen molar-refractivity contribution in [3.63, 3.8) is 0 Å². The van der Waals surface area contributed by atoms with Crippen molar-refractivity contribution in [1.82, 2.24) is 15.5 Å². The Morgan fingerprint density at radius 2 is 1.67 bits per heavy atom. The van der Waals surface area contributed by atoms with Gasteiger partial charge in [0, 0.05) is 24.7 Å². The zero-order valence-corrected chi connectivity index (χ0v) is 17.1. The molecule has 30 heavy (non-hydrogen) atoms. The number of methoxy groups -OCH3 is 1. The first kappa shape index (κ1) is 21.4. The zero-order valence-electron chi connectivity index (χ0n) is 17.1. The van der Waals surface area contributed by atoms with Gasteiger partial charge in [-0.3, -0.25) is 14.4 Å². The van der Waals surface area contributed by atoms with Gasteiger partial charge in [-0.15, -0.1) is 0 Å². The molecule has 1 fully saturated rings. The maximum Gasteiger partial charge on any atom is 0.251 e. The van der Waals surface area contributed by atoms with Gasteiger partial charge in [-0.1, -0.05) is 30.3 Å². The minimum Gasteiger partial charge on any atom is -0.497 e. The van der Waals surface area contributed by atoms with Crippen LogP contribution in [0.3, 0.4) is 0 Å². The third kappa shape index (κ3) is 6.07. The van der Waals surface area contributed by atoms with Crippen LogP contribution in [0.25, 0.3) is 0 Å². The van der Waals surface area contributed by atoms with Gasteiger partial charge in [-0.25, -0.2) is 0 Å². The van der Waals surface area contributed by atoms with E-state index in [4.69, 9.17) is 4.74 Å². The van der Waals surface area contributed by atoms with Crippen molar-refractivity contribution in [1.29, 1.82) is 0 Å². The molecule has 1 heterocycles. The third-order valence-corrected chi connectivity index (χ3v) is 5.17. The lowest BCUT2D eigenvalue weighted by Crippen LogP contribution is -2.49. The largest absolute Gasteiger partial charge is 0.497 e. The van der Waals surface area contributed by atoms with Gasteiger partial charge >= 0.3 is 0 Å². The van der Waals surface area contributed by atoms with E-state index in [2.05, 4.69) is 10.6 Å². The highest BCUT2D eigenvalue weighted by Crippen LogP contribution is 2.13. The minimum absolute atomic E-state index is 0.0256. The van der Waals surface area contributed by atoms with Crippen LogP contribution in [0.5, 0.6) is 5.75 Å². The Morgan fingerprint density at radius 1 is 1.00 bits per heavy atom. The number of hydrogen-bond acceptors (Lipinski definition) is 4. The van der Waals surface area contributed by atoms with Crippen molar-refractivity contribution >= 4 is 17.7 Å². The summed E-state index contributed by atoms with van der Waals surface area (Å²) in [4.78, 5) is 38.5. The van der Waals surface area contributed by atoms with Crippen molar-refractivity contribution in [3.05, 3.63) is 65.7 Å². The summed E-state index contributed by atoms with van der Waals surface area (Å²) in [5.74, 6) is 0.364. The van der Waals surface area contributed by atoms with Crippen LogP contribution < -0.4 is 15.4 Å². The lowest BCUT2D eigenvalue weighted by molar-refractivity contribution is -0.131. The van der Waals surface area contributed by atoms with E-state index >= 15 is 0 Å². The van der Waals surface area contributed by atoms with E-state index in [0.29, 0.717) is 37.9 Å². The molecule has 2 aromatic carbocycles. The van der Waals surface area contributed by atoms with E-state index < -0.39 is 0 Å². The third-order valence-electron chi connectivity index (χ3n) is 5.17. The Morgan fingerprint density at radius 3 is 2.30 bits per heavy atom. The summed E-state index contributed by atoms with van der Waals surface area (Å²) in [6, 6.07) is 16.3. The summed E-state index contributed by atoms with van der Waals surface area (Å²) in [7, 11) is 1.61. The standard InChI is InChI=1S/C23H27N3O4/c1-30-20-9-7-17(8-10-20)15-21(27)25-19-11-13-26(14-12-19)22(28)16-24-23(29)18-5-3-2-4-6-18/h2-10,19H,11-16H2,1H3,(H,24,29)(H,25,27). The number of carbonyl (C=O) groups is 3. The van der Waals surface area contributed by atoms with E-state index in [-0.39, 0.29) is 30.3 Å². The molecule has 0 spiro atoms. The van der Waals surface area contributed by atoms with Gasteiger partial charge in [-0.2, -0.15) is 0 Å². The average molecular weight is 409 g/mol. The number of likely N-dealkylation sites (tertiary alicyclic amines) is 1. The molecule has 1 aliphatic heterocycles. The van der Waals surface area contributed by atoms with Gasteiger partial charge in [0.05, 0.1) is 20.1 Å². The van der Waals surface area contributed by atoms with Crippen LogP contribution >= 0.6 is 0 Å². The fourth-order valence-corrected chi connectivity index (χ4v) is 3.44. The van der Waals surface area contributed by atoms with Crippen molar-refractivity contribution in [2.45, 2.75) is 25.3 Å². The van der Waals surface area contributed by atoms with Gasteiger partial charge in [0.25, 0.3) is 5.91 Å². The predicted molar refractivity (Wildman–Crippen MR) is 113 cm³/mol. The van der Waals surface area contributed by atoms with E-state index in [1.165, 1.54) is 0 Å². The molecule has 0 aliphatic carbocycles. The summed E-state index contributed by atoms with van der Waals surface area (Å²) in [5.41, 5.74) is 1.46. The van der Waals surface area contributed by atoms with Gasteiger partial charge in [0.2, 0.25) is 11.8 Å². The molecular formula is C23H27N3O4. The molecule has 3 amide bonds. The molecule has 0 radical (unpaired) electrons. The summed E-state index contributed by atoms with van der Waals surface area (Å²) < 4.78 is 5.12. The summed E-state index contributed by atoms with van der Waals surface area (Å²) in [6.45, 7) is 1.10. The maximum atomic E-state index is 12.4. The van der Waals surface area contributed by atoms with Crippen LogP contribution in [0, 0.1) is 0 Å². The fraction of sp³-hybridized carbons (Fsp3) is 0.348. The topological polar surface area (TPSA) is 87.7 Å². The number of nitrogens with one attached hydrogen (secondary N) is 2. The smallest absolute Gasteiger partial charge is 0.251 e. The van der Waals surface area contributed by atoms with E-state index in [1.807, 2.05) is 30.3 Å². The van der Waals surface area contributed by atoms with Crippen LogP contribution in [-0.2, 0) is 16.0 Å². The molecule has 7 heteroatoms. The van der Waals surface area contributed by atoms with Crippen molar-refractivity contribution < 1.29 is 19.1 Å². The number of hydrogen-bond donors (Lipinski definition) is 2. The number of ether oxygens (including phenoxy) is 1. The first-order valence-corrected chi connectivity index (χ1v) is 10.1. The lowest BCUT2D eigenvalue weighted by atomic mass is 10.0. The van der Waals surface area contributed by atoms with Crippen LogP contribution in [-0.4, -0.2) is 55.4 Å². The van der Waals surface area contributed by atoms with E-state index in [0.717, 1.165) is 11.3 Å². The van der Waals surface area contributed by atoms with Crippen LogP contribution in [0.4, 0.5) is 0 Å². The average Bonchev–Trinajstić information content (AvgIpc) is 2.78. The number of nitrogens with zero attached hydrogens (tertiary/aromatic N) is 1. The molecule has 0 unspecified atom stereocenters. The SMILES string of the molecule is COc1ccc(CC(=O)NC2CCN(C(=O)CNC(=O)c3ccccc3)CC2)cc1. The highest BCUT2D eigenvalue weighted by Gasteiger charge is 2.24. The van der Waals surface area contributed by atoms with Crippen LogP contribution in [0.1, 0.15) is 28.8 Å². The minimum atomic E-state index is -0.260. The molecule has 2 N–H and O–H groups in total. The molecule has 0 saturated carbocycles. The molecule has 0 aromatic heterocycles. The molecule has 158 valence electrons. The highest BCUT2D eigenvalue weighted by atomic mass is 16.5.